The number of carbonyl (C=O) groups is 1. The molecule has 1 aliphatic rings. The lowest BCUT2D eigenvalue weighted by Gasteiger charge is -2.28. The highest BCUT2D eigenvalue weighted by Gasteiger charge is 2.34. The number of imidazole rings is 1. The number of rotatable bonds is 5. The summed E-state index contributed by atoms with van der Waals surface area (Å²) in [7, 11) is 1.99. The minimum atomic E-state index is -0.989. The van der Waals surface area contributed by atoms with E-state index in [0.717, 1.165) is 54.1 Å². The minimum absolute atomic E-state index is 0.103. The van der Waals surface area contributed by atoms with Crippen molar-refractivity contribution in [3.63, 3.8) is 0 Å². The predicted molar refractivity (Wildman–Crippen MR) is 131 cm³/mol. The lowest BCUT2D eigenvalue weighted by Crippen LogP contribution is -2.36. The Labute approximate surface area is 197 Å². The number of benzene rings is 2. The van der Waals surface area contributed by atoms with E-state index in [9.17, 15) is 20.0 Å². The van der Waals surface area contributed by atoms with E-state index in [4.69, 9.17) is 0 Å². The summed E-state index contributed by atoms with van der Waals surface area (Å²) in [6.07, 6.45) is 6.65. The molecule has 1 atom stereocenters. The molecule has 0 radical (unpaired) electrons. The van der Waals surface area contributed by atoms with Gasteiger partial charge in [-0.3, -0.25) is 9.13 Å². The standard InChI is InChI=1S/C27H28N4O3/c1-17-7-6-10-22-24(17)20(15-29(22)2)16-30-21-12-11-18(14-28)13-23(21)31(27(30)34)25(26(32)33)19-8-4-3-5-9-19/h6-7,10-13,15,19,25H,3-5,8-9,16H2,1-2H3,(H,32,33). The van der Waals surface area contributed by atoms with Crippen LogP contribution in [0.4, 0.5) is 0 Å². The second-order valence-corrected chi connectivity index (χ2v) is 9.47. The SMILES string of the molecule is Cc1cccc2c1c(Cn1c(=O)n(C(C(=O)O)C3CCCCC3)c3cc(C#N)ccc31)cn2C. The minimum Gasteiger partial charge on any atom is -0.480 e. The normalized spacial score (nSPS) is 15.6. The number of nitriles is 1. The first kappa shape index (κ1) is 22.0. The molecule has 1 aliphatic carbocycles. The van der Waals surface area contributed by atoms with E-state index in [0.29, 0.717) is 23.1 Å². The van der Waals surface area contributed by atoms with Gasteiger partial charge in [-0.1, -0.05) is 31.4 Å². The molecule has 2 heterocycles. The van der Waals surface area contributed by atoms with Gasteiger partial charge in [0.15, 0.2) is 0 Å². The van der Waals surface area contributed by atoms with Crippen LogP contribution in [-0.2, 0) is 18.4 Å². The molecule has 0 aliphatic heterocycles. The van der Waals surface area contributed by atoms with Crippen LogP contribution in [0.2, 0.25) is 0 Å². The first-order valence-corrected chi connectivity index (χ1v) is 11.8. The Morgan fingerprint density at radius 1 is 1.15 bits per heavy atom. The van der Waals surface area contributed by atoms with Crippen LogP contribution in [0.25, 0.3) is 21.9 Å². The molecule has 2 aromatic heterocycles. The Balaban J connectivity index is 1.73. The summed E-state index contributed by atoms with van der Waals surface area (Å²) in [6, 6.07) is 12.4. The fourth-order valence-electron chi connectivity index (χ4n) is 5.77. The Hall–Kier alpha value is -3.79. The zero-order valence-electron chi connectivity index (χ0n) is 19.5. The molecule has 34 heavy (non-hydrogen) atoms. The average Bonchev–Trinajstić information content (AvgIpc) is 3.29. The second-order valence-electron chi connectivity index (χ2n) is 9.47. The van der Waals surface area contributed by atoms with Crippen LogP contribution < -0.4 is 5.69 Å². The summed E-state index contributed by atoms with van der Waals surface area (Å²) in [6.45, 7) is 2.38. The maximum Gasteiger partial charge on any atom is 0.330 e. The van der Waals surface area contributed by atoms with Crippen molar-refractivity contribution in [2.45, 2.75) is 51.6 Å². The highest BCUT2D eigenvalue weighted by Crippen LogP contribution is 2.35. The summed E-state index contributed by atoms with van der Waals surface area (Å²) in [5, 5.41) is 20.8. The van der Waals surface area contributed by atoms with E-state index in [1.165, 1.54) is 4.57 Å². The molecule has 0 amide bonds. The van der Waals surface area contributed by atoms with E-state index in [-0.39, 0.29) is 11.6 Å². The van der Waals surface area contributed by atoms with Gasteiger partial charge >= 0.3 is 11.7 Å². The fourth-order valence-corrected chi connectivity index (χ4v) is 5.77. The molecule has 0 spiro atoms. The highest BCUT2D eigenvalue weighted by molar-refractivity contribution is 5.87. The third-order valence-corrected chi connectivity index (χ3v) is 7.35. The summed E-state index contributed by atoms with van der Waals surface area (Å²) in [5.74, 6) is -1.09. The smallest absolute Gasteiger partial charge is 0.330 e. The molecule has 174 valence electrons. The van der Waals surface area contributed by atoms with Gasteiger partial charge in [-0.25, -0.2) is 9.59 Å². The van der Waals surface area contributed by atoms with Crippen molar-refractivity contribution in [2.75, 3.05) is 0 Å². The summed E-state index contributed by atoms with van der Waals surface area (Å²) in [5.41, 5.74) is 4.45. The molecule has 7 nitrogen and oxygen atoms in total. The highest BCUT2D eigenvalue weighted by atomic mass is 16.4. The second kappa shape index (κ2) is 8.53. The average molecular weight is 457 g/mol. The maximum atomic E-state index is 13.9. The third-order valence-electron chi connectivity index (χ3n) is 7.35. The molecule has 0 saturated heterocycles. The first-order chi connectivity index (χ1) is 16.4. The molecular weight excluding hydrogens is 428 g/mol. The van der Waals surface area contributed by atoms with Gasteiger partial charge in [0.2, 0.25) is 0 Å². The van der Waals surface area contributed by atoms with Crippen molar-refractivity contribution in [3.05, 3.63) is 69.8 Å². The van der Waals surface area contributed by atoms with E-state index in [2.05, 4.69) is 29.7 Å². The van der Waals surface area contributed by atoms with Crippen molar-refractivity contribution < 1.29 is 9.90 Å². The van der Waals surface area contributed by atoms with E-state index >= 15 is 0 Å². The summed E-state index contributed by atoms with van der Waals surface area (Å²) < 4.78 is 5.15. The lowest BCUT2D eigenvalue weighted by atomic mass is 9.83. The first-order valence-electron chi connectivity index (χ1n) is 11.8. The quantitative estimate of drug-likeness (QED) is 0.470. The number of aromatic nitrogens is 3. The van der Waals surface area contributed by atoms with Crippen LogP contribution in [0.1, 0.15) is 54.8 Å². The molecule has 1 unspecified atom stereocenters. The van der Waals surface area contributed by atoms with Gasteiger partial charge in [0, 0.05) is 24.1 Å². The van der Waals surface area contributed by atoms with Crippen LogP contribution in [0.3, 0.4) is 0 Å². The van der Waals surface area contributed by atoms with Gasteiger partial charge in [0.1, 0.15) is 6.04 Å². The Morgan fingerprint density at radius 2 is 1.91 bits per heavy atom. The molecule has 7 heteroatoms. The zero-order valence-corrected chi connectivity index (χ0v) is 19.5. The van der Waals surface area contributed by atoms with Crippen LogP contribution in [0.15, 0.2) is 47.4 Å². The van der Waals surface area contributed by atoms with Crippen LogP contribution in [0, 0.1) is 24.2 Å². The van der Waals surface area contributed by atoms with Crippen LogP contribution in [-0.4, -0.2) is 24.8 Å². The topological polar surface area (TPSA) is 93.0 Å². The van der Waals surface area contributed by atoms with Crippen molar-refractivity contribution in [3.8, 4) is 6.07 Å². The fraction of sp³-hybridized carbons (Fsp3) is 0.370. The number of aryl methyl sites for hydroxylation is 2. The largest absolute Gasteiger partial charge is 0.480 e. The van der Waals surface area contributed by atoms with E-state index in [1.54, 1.807) is 22.8 Å². The van der Waals surface area contributed by atoms with Gasteiger partial charge in [0.05, 0.1) is 29.2 Å². The van der Waals surface area contributed by atoms with Gasteiger partial charge in [-0.15, -0.1) is 0 Å². The molecule has 0 bridgehead atoms. The number of nitrogens with zero attached hydrogens (tertiary/aromatic N) is 4. The molecule has 1 fully saturated rings. The molecule has 1 saturated carbocycles. The molecular formula is C27H28N4O3. The number of carboxylic acids is 1. The monoisotopic (exact) mass is 456 g/mol. The number of aliphatic carboxylic acids is 1. The Kier molecular flexibility index (Phi) is 5.52. The van der Waals surface area contributed by atoms with Gasteiger partial charge in [-0.2, -0.15) is 5.26 Å². The van der Waals surface area contributed by atoms with Crippen molar-refractivity contribution in [1.82, 2.24) is 13.7 Å². The molecule has 5 rings (SSSR count). The van der Waals surface area contributed by atoms with Gasteiger partial charge < -0.3 is 9.67 Å². The Morgan fingerprint density at radius 3 is 2.62 bits per heavy atom. The van der Waals surface area contributed by atoms with Crippen molar-refractivity contribution >= 4 is 27.9 Å². The molecule has 4 aromatic rings. The van der Waals surface area contributed by atoms with E-state index in [1.807, 2.05) is 19.3 Å². The number of hydrogen-bond acceptors (Lipinski definition) is 3. The third kappa shape index (κ3) is 3.50. The molecule has 1 N–H and O–H groups in total. The van der Waals surface area contributed by atoms with Crippen molar-refractivity contribution in [2.24, 2.45) is 13.0 Å². The lowest BCUT2D eigenvalue weighted by molar-refractivity contribution is -0.143. The number of fused-ring (bicyclic) bond motifs is 2. The summed E-state index contributed by atoms with van der Waals surface area (Å²) in [4.78, 5) is 26.4. The number of carboxylic acid groups (broad SMARTS) is 1. The van der Waals surface area contributed by atoms with Crippen LogP contribution >= 0.6 is 0 Å². The van der Waals surface area contributed by atoms with Gasteiger partial charge in [0.25, 0.3) is 0 Å². The predicted octanol–water partition coefficient (Wildman–Crippen LogP) is 4.73. The van der Waals surface area contributed by atoms with Crippen LogP contribution in [0.5, 0.6) is 0 Å². The molecule has 2 aromatic carbocycles. The maximum absolute atomic E-state index is 13.9. The van der Waals surface area contributed by atoms with E-state index < -0.39 is 12.0 Å². The number of hydrogen-bond donors (Lipinski definition) is 1. The van der Waals surface area contributed by atoms with Crippen molar-refractivity contribution in [1.29, 1.82) is 5.26 Å². The van der Waals surface area contributed by atoms with Gasteiger partial charge in [-0.05, 0) is 61.1 Å². The Bertz CT molecular complexity index is 1510. The zero-order chi connectivity index (χ0) is 24.0. The summed E-state index contributed by atoms with van der Waals surface area (Å²) >= 11 is 0.